The monoisotopic (exact) mass is 1510 g/mol. The maximum Gasteiger partial charge on any atom is 0.472 e. The molecule has 103 heavy (non-hydrogen) atoms. The van der Waals surface area contributed by atoms with E-state index in [2.05, 4.69) is 55.4 Å². The van der Waals surface area contributed by atoms with Crippen LogP contribution in [0, 0.1) is 23.7 Å². The van der Waals surface area contributed by atoms with Crippen LogP contribution < -0.4 is 0 Å². The number of hydrogen-bond acceptors (Lipinski definition) is 15. The Morgan fingerprint density at radius 2 is 0.466 bits per heavy atom. The van der Waals surface area contributed by atoms with Gasteiger partial charge in [0.2, 0.25) is 0 Å². The molecule has 0 heterocycles. The fraction of sp³-hybridized carbons (Fsp3) is 0.952. The van der Waals surface area contributed by atoms with E-state index in [0.29, 0.717) is 31.6 Å². The van der Waals surface area contributed by atoms with E-state index in [0.717, 1.165) is 114 Å². The number of unbranched alkanes of at least 4 members (excludes halogenated alkanes) is 46. The van der Waals surface area contributed by atoms with E-state index in [4.69, 9.17) is 37.0 Å². The summed E-state index contributed by atoms with van der Waals surface area (Å²) in [6.07, 6.45) is 61.2. The van der Waals surface area contributed by atoms with Crippen molar-refractivity contribution in [1.82, 2.24) is 0 Å². The van der Waals surface area contributed by atoms with Gasteiger partial charge in [-0.3, -0.25) is 37.3 Å². The lowest BCUT2D eigenvalue weighted by molar-refractivity contribution is -0.161. The molecule has 0 aromatic heterocycles. The van der Waals surface area contributed by atoms with Crippen molar-refractivity contribution in [2.24, 2.45) is 23.7 Å². The van der Waals surface area contributed by atoms with E-state index in [1.165, 1.54) is 231 Å². The Bertz CT molecular complexity index is 2010. The summed E-state index contributed by atoms with van der Waals surface area (Å²) in [5.41, 5.74) is 0. The summed E-state index contributed by atoms with van der Waals surface area (Å²) in [5.74, 6) is 1.02. The lowest BCUT2D eigenvalue weighted by Gasteiger charge is -2.21. The number of hydrogen-bond donors (Lipinski definition) is 3. The first kappa shape index (κ1) is 101. The molecule has 4 unspecified atom stereocenters. The average Bonchev–Trinajstić information content (AvgIpc) is 0.914. The summed E-state index contributed by atoms with van der Waals surface area (Å²) >= 11 is 0. The summed E-state index contributed by atoms with van der Waals surface area (Å²) in [5, 5.41) is 10.7. The van der Waals surface area contributed by atoms with Gasteiger partial charge in [0.05, 0.1) is 26.4 Å². The Balaban J connectivity index is 5.22. The molecule has 0 spiro atoms. The SMILES string of the molecule is CCC(C)CCCCCCCCCCCCCCCCC(=O)OC[C@H](COP(=O)(O)OCC(O)COP(=O)(O)OC[C@@H](COC(=O)CCCCCCCCC(C)C)OC(=O)CCCCCCCCCCCCCCCCCCC(C)C)OC(=O)CCCCCCCCCCCCCCCCC(C)C. The van der Waals surface area contributed by atoms with Gasteiger partial charge < -0.3 is 33.8 Å². The van der Waals surface area contributed by atoms with E-state index < -0.39 is 97.5 Å². The molecule has 0 bridgehead atoms. The number of rotatable bonds is 81. The molecule has 17 nitrogen and oxygen atoms in total. The zero-order valence-electron chi connectivity index (χ0n) is 68.0. The summed E-state index contributed by atoms with van der Waals surface area (Å²) in [7, 11) is -9.93. The molecule has 0 saturated carbocycles. The lowest BCUT2D eigenvalue weighted by atomic mass is 9.99. The predicted molar refractivity (Wildman–Crippen MR) is 423 cm³/mol. The minimum Gasteiger partial charge on any atom is -0.462 e. The fourth-order valence-electron chi connectivity index (χ4n) is 12.9. The van der Waals surface area contributed by atoms with Crippen molar-refractivity contribution in [2.45, 2.75) is 453 Å². The van der Waals surface area contributed by atoms with Crippen LogP contribution in [0.1, 0.15) is 434 Å². The fourth-order valence-corrected chi connectivity index (χ4v) is 14.5. The van der Waals surface area contributed by atoms with Crippen molar-refractivity contribution in [1.29, 1.82) is 0 Å². The second kappa shape index (κ2) is 72.9. The largest absolute Gasteiger partial charge is 0.472 e. The van der Waals surface area contributed by atoms with Gasteiger partial charge in [-0.25, -0.2) is 9.13 Å². The molecule has 0 saturated heterocycles. The zero-order chi connectivity index (χ0) is 76.0. The van der Waals surface area contributed by atoms with Crippen LogP contribution in [0.15, 0.2) is 0 Å². The molecule has 612 valence electrons. The number of phosphoric acid groups is 2. The topological polar surface area (TPSA) is 237 Å². The minimum atomic E-state index is -4.96. The molecule has 6 atom stereocenters. The van der Waals surface area contributed by atoms with Gasteiger partial charge in [0, 0.05) is 25.7 Å². The van der Waals surface area contributed by atoms with Crippen LogP contribution in [0.5, 0.6) is 0 Å². The summed E-state index contributed by atoms with van der Waals surface area (Å²) < 4.78 is 68.8. The first-order valence-electron chi connectivity index (χ1n) is 43.2. The Labute approximate surface area is 632 Å². The van der Waals surface area contributed by atoms with Gasteiger partial charge in [-0.2, -0.15) is 0 Å². The van der Waals surface area contributed by atoms with Crippen LogP contribution in [0.4, 0.5) is 0 Å². The molecular formula is C84H164O17P2. The predicted octanol–water partition coefficient (Wildman–Crippen LogP) is 25.2. The van der Waals surface area contributed by atoms with Crippen LogP contribution in [0.3, 0.4) is 0 Å². The third-order valence-corrected chi connectivity index (χ3v) is 21.8. The number of carbonyl (C=O) groups excluding carboxylic acids is 4. The van der Waals surface area contributed by atoms with Crippen molar-refractivity contribution in [3.05, 3.63) is 0 Å². The number of aliphatic hydroxyl groups excluding tert-OH is 1. The Hall–Kier alpha value is -1.94. The van der Waals surface area contributed by atoms with Gasteiger partial charge in [0.25, 0.3) is 0 Å². The first-order chi connectivity index (χ1) is 49.6. The summed E-state index contributed by atoms with van der Waals surface area (Å²) in [6.45, 7) is 14.3. The molecule has 0 rings (SSSR count). The lowest BCUT2D eigenvalue weighted by Crippen LogP contribution is -2.30. The number of esters is 4. The summed E-state index contributed by atoms with van der Waals surface area (Å²) in [6, 6.07) is 0. The Morgan fingerprint density at radius 1 is 0.272 bits per heavy atom. The van der Waals surface area contributed by atoms with Crippen LogP contribution >= 0.6 is 15.6 Å². The normalized spacial score (nSPS) is 14.2. The molecule has 19 heteroatoms. The van der Waals surface area contributed by atoms with Crippen LogP contribution in [-0.2, 0) is 65.4 Å². The van der Waals surface area contributed by atoms with Gasteiger partial charge in [-0.1, -0.05) is 383 Å². The van der Waals surface area contributed by atoms with E-state index in [-0.39, 0.29) is 25.7 Å². The van der Waals surface area contributed by atoms with Gasteiger partial charge in [-0.15, -0.1) is 0 Å². The average molecular weight is 1510 g/mol. The van der Waals surface area contributed by atoms with Crippen molar-refractivity contribution in [3.8, 4) is 0 Å². The number of aliphatic hydroxyl groups is 1. The summed E-state index contributed by atoms with van der Waals surface area (Å²) in [4.78, 5) is 73.1. The van der Waals surface area contributed by atoms with Gasteiger partial charge >= 0.3 is 39.5 Å². The molecule has 0 fully saturated rings. The first-order valence-corrected chi connectivity index (χ1v) is 46.2. The maximum atomic E-state index is 13.1. The van der Waals surface area contributed by atoms with Crippen molar-refractivity contribution in [3.63, 3.8) is 0 Å². The number of ether oxygens (including phenoxy) is 4. The third-order valence-electron chi connectivity index (χ3n) is 19.9. The minimum absolute atomic E-state index is 0.107. The molecule has 0 aliphatic carbocycles. The molecule has 0 aliphatic heterocycles. The highest BCUT2D eigenvalue weighted by molar-refractivity contribution is 7.47. The molecule has 0 aromatic rings. The van der Waals surface area contributed by atoms with Gasteiger partial charge in [0.1, 0.15) is 19.3 Å². The maximum absolute atomic E-state index is 13.1. The molecule has 3 N–H and O–H groups in total. The second-order valence-corrected chi connectivity index (χ2v) is 34.8. The second-order valence-electron chi connectivity index (χ2n) is 31.9. The number of phosphoric ester groups is 2. The number of carbonyl (C=O) groups is 4. The van der Waals surface area contributed by atoms with Crippen molar-refractivity contribution >= 4 is 39.5 Å². The Morgan fingerprint density at radius 3 is 0.689 bits per heavy atom. The smallest absolute Gasteiger partial charge is 0.462 e. The van der Waals surface area contributed by atoms with Gasteiger partial charge in [0.15, 0.2) is 12.2 Å². The molecular weight excluding hydrogens is 1340 g/mol. The Kier molecular flexibility index (Phi) is 71.5. The van der Waals surface area contributed by atoms with Gasteiger partial charge in [-0.05, 0) is 49.4 Å². The zero-order valence-corrected chi connectivity index (χ0v) is 69.7. The molecule has 0 aliphatic rings. The molecule has 0 radical (unpaired) electrons. The van der Waals surface area contributed by atoms with E-state index in [9.17, 15) is 43.2 Å². The van der Waals surface area contributed by atoms with E-state index >= 15 is 0 Å². The third kappa shape index (κ3) is 76.6. The molecule has 0 amide bonds. The highest BCUT2D eigenvalue weighted by atomic mass is 31.2. The van der Waals surface area contributed by atoms with Crippen molar-refractivity contribution < 1.29 is 80.2 Å². The molecule has 0 aromatic carbocycles. The van der Waals surface area contributed by atoms with E-state index in [1.807, 2.05) is 0 Å². The van der Waals surface area contributed by atoms with E-state index in [1.54, 1.807) is 0 Å². The highest BCUT2D eigenvalue weighted by Crippen LogP contribution is 2.45. The van der Waals surface area contributed by atoms with Crippen LogP contribution in [0.25, 0.3) is 0 Å². The quantitative estimate of drug-likeness (QED) is 0.0222. The van der Waals surface area contributed by atoms with Crippen molar-refractivity contribution in [2.75, 3.05) is 39.6 Å². The highest BCUT2D eigenvalue weighted by Gasteiger charge is 2.30. The standard InChI is InChI=1S/C84H164O17P2/c1-9-77(8)63-55-47-38-32-26-20-15-17-21-27-33-39-48-56-64-81(86)94-70-79(100-83(88)66-59-51-41-35-29-23-16-14-19-25-31-37-45-53-61-75(4)5)72-98-102(90,91)96-68-78(85)69-97-103(92,93)99-73-80(71-95-82(87)65-57-49-43-42-46-54-62-76(6)7)101-84(89)67-58-50-40-34-28-22-13-11-10-12-18-24-30-36-44-52-60-74(2)3/h74-80,85H,9-73H2,1-8H3,(H,90,91)(H,92,93)/t77?,78?,79-,80-/m1/s1. The van der Waals surface area contributed by atoms with Crippen LogP contribution in [-0.4, -0.2) is 96.7 Å². The van der Waals surface area contributed by atoms with Crippen LogP contribution in [0.2, 0.25) is 0 Å².